The number of nitrogens with zero attached hydrogens (tertiary/aromatic N) is 1. The molecule has 4 nitrogen and oxygen atoms in total. The van der Waals surface area contributed by atoms with Crippen LogP contribution in [0.1, 0.15) is 41.5 Å². The number of carbonyl (C=O) groups is 2. The molecule has 0 bridgehead atoms. The molecule has 0 unspecified atom stereocenters. The summed E-state index contributed by atoms with van der Waals surface area (Å²) >= 11 is 0. The van der Waals surface area contributed by atoms with E-state index >= 15 is 0 Å². The van der Waals surface area contributed by atoms with Gasteiger partial charge in [0.2, 0.25) is 0 Å². The van der Waals surface area contributed by atoms with E-state index in [1.807, 2.05) is 41.5 Å². The third kappa shape index (κ3) is 2.13. The van der Waals surface area contributed by atoms with Crippen molar-refractivity contribution in [1.82, 2.24) is 4.90 Å². The molecule has 0 spiro atoms. The summed E-state index contributed by atoms with van der Waals surface area (Å²) in [5.74, 6) is -0.442. The summed E-state index contributed by atoms with van der Waals surface area (Å²) in [5, 5.41) is 0. The number of ether oxygens (including phenoxy) is 1. The average molecular weight is 213 g/mol. The van der Waals surface area contributed by atoms with Gasteiger partial charge >= 0.3 is 12.1 Å². The fourth-order valence-electron chi connectivity index (χ4n) is 1.80. The predicted molar refractivity (Wildman–Crippen MR) is 56.3 cm³/mol. The van der Waals surface area contributed by atoms with Gasteiger partial charge in [-0.25, -0.2) is 9.59 Å². The molecule has 0 aromatic heterocycles. The number of amides is 1. The van der Waals surface area contributed by atoms with Gasteiger partial charge in [0.1, 0.15) is 6.04 Å². The van der Waals surface area contributed by atoms with Crippen LogP contribution in [-0.4, -0.2) is 28.5 Å². The number of hydrogen-bond acceptors (Lipinski definition) is 3. The van der Waals surface area contributed by atoms with Gasteiger partial charge in [0.25, 0.3) is 0 Å². The van der Waals surface area contributed by atoms with Gasteiger partial charge < -0.3 is 4.74 Å². The first-order chi connectivity index (χ1) is 6.55. The molecule has 15 heavy (non-hydrogen) atoms. The summed E-state index contributed by atoms with van der Waals surface area (Å²) in [6.07, 6.45) is -0.535. The van der Waals surface area contributed by atoms with Crippen LogP contribution in [0.3, 0.4) is 0 Å². The minimum Gasteiger partial charge on any atom is -0.375 e. The molecular formula is C11H19NO3. The summed E-state index contributed by atoms with van der Waals surface area (Å²) in [7, 11) is 0. The van der Waals surface area contributed by atoms with Crippen molar-refractivity contribution in [3.8, 4) is 0 Å². The highest BCUT2D eigenvalue weighted by atomic mass is 16.6. The molecule has 1 saturated heterocycles. The van der Waals surface area contributed by atoms with Crippen molar-refractivity contribution in [3.63, 3.8) is 0 Å². The van der Waals surface area contributed by atoms with E-state index in [0.717, 1.165) is 0 Å². The second-order valence-electron chi connectivity index (χ2n) is 6.00. The monoisotopic (exact) mass is 213 g/mol. The Morgan fingerprint density at radius 1 is 1.07 bits per heavy atom. The van der Waals surface area contributed by atoms with Crippen LogP contribution in [0, 0.1) is 5.41 Å². The number of hydrogen-bond donors (Lipinski definition) is 0. The van der Waals surface area contributed by atoms with Gasteiger partial charge in [0.15, 0.2) is 0 Å². The maximum absolute atomic E-state index is 11.6. The van der Waals surface area contributed by atoms with Crippen LogP contribution in [0.4, 0.5) is 4.79 Å². The zero-order chi connectivity index (χ0) is 12.0. The maximum atomic E-state index is 11.6. The third-order valence-corrected chi connectivity index (χ3v) is 2.41. The highest BCUT2D eigenvalue weighted by molar-refractivity contribution is 5.96. The van der Waals surface area contributed by atoms with Crippen LogP contribution < -0.4 is 0 Å². The summed E-state index contributed by atoms with van der Waals surface area (Å²) in [6.45, 7) is 11.5. The molecule has 1 rings (SSSR count). The molecule has 1 heterocycles. The van der Waals surface area contributed by atoms with Crippen molar-refractivity contribution >= 4 is 12.1 Å². The molecule has 0 aromatic rings. The Hall–Kier alpha value is -1.06. The molecule has 1 atom stereocenters. The molecule has 1 fully saturated rings. The molecule has 0 aliphatic carbocycles. The van der Waals surface area contributed by atoms with E-state index in [1.54, 1.807) is 0 Å². The van der Waals surface area contributed by atoms with Crippen molar-refractivity contribution < 1.29 is 14.3 Å². The Morgan fingerprint density at radius 2 is 1.53 bits per heavy atom. The standard InChI is InChI=1S/C11H19NO3/c1-10(2,3)7-8(13)15-9(14)12(7)11(4,5)6/h7H,1-6H3/t7-/m0/s1. The molecule has 0 N–H and O–H groups in total. The Bertz CT molecular complexity index is 266. The summed E-state index contributed by atoms with van der Waals surface area (Å²) in [5.41, 5.74) is -0.711. The van der Waals surface area contributed by atoms with E-state index in [2.05, 4.69) is 4.74 Å². The van der Waals surface area contributed by atoms with E-state index in [9.17, 15) is 9.59 Å². The maximum Gasteiger partial charge on any atom is 0.418 e. The normalized spacial score (nSPS) is 23.3. The van der Waals surface area contributed by atoms with Crippen LogP contribution in [-0.2, 0) is 9.53 Å². The topological polar surface area (TPSA) is 46.6 Å². The van der Waals surface area contributed by atoms with Crippen LogP contribution in [0.5, 0.6) is 0 Å². The summed E-state index contributed by atoms with van der Waals surface area (Å²) < 4.78 is 4.69. The van der Waals surface area contributed by atoms with Crippen molar-refractivity contribution in [2.75, 3.05) is 0 Å². The zero-order valence-corrected chi connectivity index (χ0v) is 10.2. The molecule has 4 heteroatoms. The third-order valence-electron chi connectivity index (χ3n) is 2.41. The molecule has 1 aliphatic heterocycles. The summed E-state index contributed by atoms with van der Waals surface area (Å²) in [4.78, 5) is 24.7. The number of rotatable bonds is 0. The van der Waals surface area contributed by atoms with E-state index in [0.29, 0.717) is 0 Å². The van der Waals surface area contributed by atoms with E-state index < -0.39 is 23.6 Å². The zero-order valence-electron chi connectivity index (χ0n) is 10.2. The van der Waals surface area contributed by atoms with Crippen LogP contribution in [0.25, 0.3) is 0 Å². The molecule has 0 aromatic carbocycles. The van der Waals surface area contributed by atoms with Crippen LogP contribution in [0.2, 0.25) is 0 Å². The van der Waals surface area contributed by atoms with Crippen molar-refractivity contribution in [3.05, 3.63) is 0 Å². The highest BCUT2D eigenvalue weighted by Crippen LogP contribution is 2.35. The quantitative estimate of drug-likeness (QED) is 0.457. The Balaban J connectivity index is 3.12. The van der Waals surface area contributed by atoms with Crippen LogP contribution in [0.15, 0.2) is 0 Å². The van der Waals surface area contributed by atoms with Crippen molar-refractivity contribution in [1.29, 1.82) is 0 Å². The van der Waals surface area contributed by atoms with Gasteiger partial charge in [-0.15, -0.1) is 0 Å². The average Bonchev–Trinajstić information content (AvgIpc) is 2.22. The van der Waals surface area contributed by atoms with Gasteiger partial charge in [-0.05, 0) is 26.2 Å². The molecule has 0 saturated carbocycles. The second-order valence-corrected chi connectivity index (χ2v) is 6.00. The number of cyclic esters (lactones) is 2. The molecule has 1 amide bonds. The van der Waals surface area contributed by atoms with Gasteiger partial charge in [-0.3, -0.25) is 4.90 Å². The highest BCUT2D eigenvalue weighted by Gasteiger charge is 2.51. The fourth-order valence-corrected chi connectivity index (χ4v) is 1.80. The lowest BCUT2D eigenvalue weighted by molar-refractivity contribution is -0.138. The lowest BCUT2D eigenvalue weighted by Gasteiger charge is -2.38. The number of carbonyl (C=O) groups excluding carboxylic acids is 2. The van der Waals surface area contributed by atoms with Gasteiger partial charge in [-0.2, -0.15) is 0 Å². The lowest BCUT2D eigenvalue weighted by Crippen LogP contribution is -2.53. The Kier molecular flexibility index (Phi) is 2.58. The molecular weight excluding hydrogens is 194 g/mol. The first-order valence-corrected chi connectivity index (χ1v) is 5.10. The van der Waals surface area contributed by atoms with Gasteiger partial charge in [-0.1, -0.05) is 20.8 Å². The largest absolute Gasteiger partial charge is 0.418 e. The number of esters is 1. The van der Waals surface area contributed by atoms with Crippen molar-refractivity contribution in [2.45, 2.75) is 53.1 Å². The molecule has 0 radical (unpaired) electrons. The van der Waals surface area contributed by atoms with Gasteiger partial charge in [0.05, 0.1) is 0 Å². The molecule has 1 aliphatic rings. The lowest BCUT2D eigenvalue weighted by atomic mass is 9.84. The van der Waals surface area contributed by atoms with Gasteiger partial charge in [0, 0.05) is 5.54 Å². The van der Waals surface area contributed by atoms with E-state index in [-0.39, 0.29) is 5.41 Å². The van der Waals surface area contributed by atoms with Crippen molar-refractivity contribution in [2.24, 2.45) is 5.41 Å². The minimum atomic E-state index is -0.535. The smallest absolute Gasteiger partial charge is 0.375 e. The summed E-state index contributed by atoms with van der Waals surface area (Å²) in [6, 6.07) is -0.495. The Labute approximate surface area is 90.6 Å². The predicted octanol–water partition coefficient (Wildman–Crippen LogP) is 2.18. The van der Waals surface area contributed by atoms with Crippen LogP contribution >= 0.6 is 0 Å². The van der Waals surface area contributed by atoms with E-state index in [4.69, 9.17) is 0 Å². The fraction of sp³-hybridized carbons (Fsp3) is 0.818. The second kappa shape index (κ2) is 3.22. The minimum absolute atomic E-state index is 0.309. The first kappa shape index (κ1) is 12.0. The SMILES string of the molecule is CC(C)(C)[C@@H]1C(=O)OC(=O)N1C(C)(C)C. The van der Waals surface area contributed by atoms with E-state index in [1.165, 1.54) is 4.90 Å². The first-order valence-electron chi connectivity index (χ1n) is 5.10. The molecule has 86 valence electrons. The Morgan fingerprint density at radius 3 is 1.80 bits per heavy atom.